The molecule has 7 heteroatoms. The van der Waals surface area contributed by atoms with Gasteiger partial charge < -0.3 is 30.3 Å². The molecule has 0 aromatic carbocycles. The van der Waals surface area contributed by atoms with E-state index in [-0.39, 0.29) is 6.42 Å². The molecule has 0 amide bonds. The average Bonchev–Trinajstić information content (AvgIpc) is 2.57. The third kappa shape index (κ3) is 6.29. The molecular weight excluding hydrogens is 316 g/mol. The van der Waals surface area contributed by atoms with Crippen LogP contribution in [0.2, 0.25) is 0 Å². The van der Waals surface area contributed by atoms with Gasteiger partial charge >= 0.3 is 5.97 Å². The first-order valence-electron chi connectivity index (χ1n) is 9.00. The fourth-order valence-corrected chi connectivity index (χ4v) is 2.95. The molecule has 0 saturated heterocycles. The minimum absolute atomic E-state index is 0.152. The Balaban J connectivity index is 2.24. The lowest BCUT2D eigenvalue weighted by molar-refractivity contribution is -0.233. The smallest absolute Gasteiger partial charge is 0.306 e. The first kappa shape index (κ1) is 21.3. The van der Waals surface area contributed by atoms with Gasteiger partial charge in [0, 0.05) is 6.42 Å². The van der Waals surface area contributed by atoms with Crippen molar-refractivity contribution in [3.63, 3.8) is 0 Å². The Morgan fingerprint density at radius 3 is 1.62 bits per heavy atom. The van der Waals surface area contributed by atoms with Gasteiger partial charge in [-0.1, -0.05) is 51.9 Å². The van der Waals surface area contributed by atoms with E-state index in [1.807, 2.05) is 0 Å². The van der Waals surface area contributed by atoms with Gasteiger partial charge in [0.05, 0.1) is 0 Å². The van der Waals surface area contributed by atoms with E-state index < -0.39 is 42.6 Å². The maximum absolute atomic E-state index is 11.8. The maximum Gasteiger partial charge on any atom is 0.306 e. The lowest BCUT2D eigenvalue weighted by atomic mass is 9.85. The van der Waals surface area contributed by atoms with Gasteiger partial charge in [-0.05, 0) is 6.42 Å². The third-order valence-electron chi connectivity index (χ3n) is 4.57. The molecule has 0 aromatic rings. The van der Waals surface area contributed by atoms with E-state index >= 15 is 0 Å². The zero-order valence-corrected chi connectivity index (χ0v) is 14.4. The summed E-state index contributed by atoms with van der Waals surface area (Å²) in [5.41, 5.74) is 0. The van der Waals surface area contributed by atoms with Crippen LogP contribution in [0.4, 0.5) is 0 Å². The first-order chi connectivity index (χ1) is 11.4. The number of carbonyl (C=O) groups excluding carboxylic acids is 1. The Hall–Kier alpha value is -0.730. The summed E-state index contributed by atoms with van der Waals surface area (Å²) in [6.07, 6.45) is -0.937. The second-order valence-corrected chi connectivity index (χ2v) is 6.63. The van der Waals surface area contributed by atoms with Crippen LogP contribution in [0.15, 0.2) is 0 Å². The Morgan fingerprint density at radius 1 is 0.708 bits per heavy atom. The SMILES string of the molecule is CCCCCCCCCCC(=O)OC1[C@H](O)[C@H](O)C(O)[C@H](O)[C@H]1O. The summed E-state index contributed by atoms with van der Waals surface area (Å²) in [5, 5.41) is 48.2. The number of hydrogen-bond donors (Lipinski definition) is 5. The molecule has 2 unspecified atom stereocenters. The van der Waals surface area contributed by atoms with Crippen molar-refractivity contribution in [3.05, 3.63) is 0 Å². The second-order valence-electron chi connectivity index (χ2n) is 6.63. The molecule has 5 N–H and O–H groups in total. The zero-order chi connectivity index (χ0) is 18.1. The lowest BCUT2D eigenvalue weighted by Gasteiger charge is -2.41. The highest BCUT2D eigenvalue weighted by Crippen LogP contribution is 2.24. The Kier molecular flexibility index (Phi) is 9.76. The van der Waals surface area contributed by atoms with Crippen LogP contribution in [0.1, 0.15) is 64.7 Å². The molecule has 7 nitrogen and oxygen atoms in total. The van der Waals surface area contributed by atoms with Crippen molar-refractivity contribution in [1.82, 2.24) is 0 Å². The van der Waals surface area contributed by atoms with Crippen molar-refractivity contribution in [2.45, 2.75) is 101 Å². The highest BCUT2D eigenvalue weighted by Gasteiger charge is 2.50. The van der Waals surface area contributed by atoms with Crippen LogP contribution in [-0.4, -0.2) is 68.1 Å². The molecular formula is C17H32O7. The summed E-state index contributed by atoms with van der Waals surface area (Å²) in [6.45, 7) is 2.17. The molecule has 1 aliphatic carbocycles. The molecule has 6 atom stereocenters. The van der Waals surface area contributed by atoms with Crippen molar-refractivity contribution in [2.75, 3.05) is 0 Å². The molecule has 1 aliphatic rings. The number of aliphatic hydroxyl groups is 5. The van der Waals surface area contributed by atoms with E-state index in [1.54, 1.807) is 0 Å². The summed E-state index contributed by atoms with van der Waals surface area (Å²) in [5.74, 6) is -0.597. The van der Waals surface area contributed by atoms with Crippen LogP contribution in [0.3, 0.4) is 0 Å². The number of esters is 1. The molecule has 1 saturated carbocycles. The number of ether oxygens (including phenoxy) is 1. The van der Waals surface area contributed by atoms with E-state index in [1.165, 1.54) is 25.7 Å². The van der Waals surface area contributed by atoms with Crippen molar-refractivity contribution in [1.29, 1.82) is 0 Å². The Labute approximate surface area is 143 Å². The average molecular weight is 348 g/mol. The highest BCUT2D eigenvalue weighted by molar-refractivity contribution is 5.69. The monoisotopic (exact) mass is 348 g/mol. The molecule has 0 spiro atoms. The predicted octanol–water partition coefficient (Wildman–Crippen LogP) is 0.247. The van der Waals surface area contributed by atoms with Crippen molar-refractivity contribution < 1.29 is 35.1 Å². The van der Waals surface area contributed by atoms with Gasteiger partial charge in [-0.2, -0.15) is 0 Å². The van der Waals surface area contributed by atoms with E-state index in [0.717, 1.165) is 19.3 Å². The third-order valence-corrected chi connectivity index (χ3v) is 4.57. The number of unbranched alkanes of at least 4 members (excludes halogenated alkanes) is 7. The minimum atomic E-state index is -1.68. The number of rotatable bonds is 10. The summed E-state index contributed by atoms with van der Waals surface area (Å²) in [7, 11) is 0. The van der Waals surface area contributed by atoms with Crippen molar-refractivity contribution >= 4 is 5.97 Å². The van der Waals surface area contributed by atoms with E-state index in [2.05, 4.69) is 6.92 Å². The van der Waals surface area contributed by atoms with Crippen molar-refractivity contribution in [3.8, 4) is 0 Å². The van der Waals surface area contributed by atoms with Gasteiger partial charge in [-0.15, -0.1) is 0 Å². The zero-order valence-electron chi connectivity index (χ0n) is 14.4. The predicted molar refractivity (Wildman–Crippen MR) is 87.1 cm³/mol. The number of hydrogen-bond acceptors (Lipinski definition) is 7. The van der Waals surface area contributed by atoms with Gasteiger partial charge in [-0.25, -0.2) is 0 Å². The standard InChI is InChI=1S/C17H32O7/c1-2-3-4-5-6-7-8-9-10-11(18)24-17-15(22)13(20)12(19)14(21)16(17)23/h12-17,19-23H,2-10H2,1H3/t12?,13-,14+,15-,16-,17?/m1/s1. The van der Waals surface area contributed by atoms with Crippen LogP contribution >= 0.6 is 0 Å². The quantitative estimate of drug-likeness (QED) is 0.283. The molecule has 0 bridgehead atoms. The van der Waals surface area contributed by atoms with E-state index in [9.17, 15) is 30.3 Å². The molecule has 0 aromatic heterocycles. The summed E-state index contributed by atoms with van der Waals surface area (Å²) in [4.78, 5) is 11.8. The molecule has 1 fully saturated rings. The van der Waals surface area contributed by atoms with Gasteiger partial charge in [0.2, 0.25) is 0 Å². The summed E-state index contributed by atoms with van der Waals surface area (Å²) < 4.78 is 4.99. The highest BCUT2D eigenvalue weighted by atomic mass is 16.6. The fraction of sp³-hybridized carbons (Fsp3) is 0.941. The topological polar surface area (TPSA) is 127 Å². The summed E-state index contributed by atoms with van der Waals surface area (Å²) in [6, 6.07) is 0. The molecule has 0 radical (unpaired) electrons. The van der Waals surface area contributed by atoms with Crippen molar-refractivity contribution in [2.24, 2.45) is 0 Å². The van der Waals surface area contributed by atoms with Gasteiger partial charge in [0.1, 0.15) is 30.5 Å². The molecule has 24 heavy (non-hydrogen) atoms. The molecule has 1 rings (SSSR count). The first-order valence-corrected chi connectivity index (χ1v) is 9.00. The Morgan fingerprint density at radius 2 is 1.12 bits per heavy atom. The largest absolute Gasteiger partial charge is 0.457 e. The minimum Gasteiger partial charge on any atom is -0.457 e. The lowest BCUT2D eigenvalue weighted by Crippen LogP contribution is -2.64. The fourth-order valence-electron chi connectivity index (χ4n) is 2.95. The van der Waals surface area contributed by atoms with Crippen LogP contribution < -0.4 is 0 Å². The molecule has 142 valence electrons. The van der Waals surface area contributed by atoms with Crippen LogP contribution in [0.25, 0.3) is 0 Å². The van der Waals surface area contributed by atoms with E-state index in [0.29, 0.717) is 6.42 Å². The summed E-state index contributed by atoms with van der Waals surface area (Å²) >= 11 is 0. The number of aliphatic hydroxyl groups excluding tert-OH is 5. The van der Waals surface area contributed by atoms with Gasteiger partial charge in [0.15, 0.2) is 6.10 Å². The van der Waals surface area contributed by atoms with E-state index in [4.69, 9.17) is 4.74 Å². The second kappa shape index (κ2) is 11.0. The molecule has 0 aliphatic heterocycles. The maximum atomic E-state index is 11.8. The number of carbonyl (C=O) groups is 1. The van der Waals surface area contributed by atoms with Gasteiger partial charge in [-0.3, -0.25) is 4.79 Å². The Bertz CT molecular complexity index is 347. The van der Waals surface area contributed by atoms with Gasteiger partial charge in [0.25, 0.3) is 0 Å². The van der Waals surface area contributed by atoms with Crippen LogP contribution in [0.5, 0.6) is 0 Å². The molecule has 0 heterocycles. The van der Waals surface area contributed by atoms with Crippen LogP contribution in [0, 0.1) is 0 Å². The normalized spacial score (nSPS) is 33.4. The van der Waals surface area contributed by atoms with Crippen LogP contribution in [-0.2, 0) is 9.53 Å².